The van der Waals surface area contributed by atoms with Crippen LogP contribution in [0, 0.1) is 58.2 Å². The van der Waals surface area contributed by atoms with Crippen molar-refractivity contribution in [3.63, 3.8) is 0 Å². The highest BCUT2D eigenvalue weighted by Crippen LogP contribution is 3.01. The van der Waals surface area contributed by atoms with E-state index >= 15 is 0 Å². The molecule has 0 radical (unpaired) electrons. The number of carbonyl (C=O) groups is 3. The van der Waals surface area contributed by atoms with Crippen LogP contribution in [0.4, 0.5) is 0 Å². The fourth-order valence-corrected chi connectivity index (χ4v) is 15.5. The Bertz CT molecular complexity index is 1070. The number of thioether (sulfide) groups is 2. The third kappa shape index (κ3) is 1.35. The molecular formula is C24H24O5S2. The van der Waals surface area contributed by atoms with Crippen LogP contribution in [0.15, 0.2) is 23.3 Å². The predicted octanol–water partition coefficient (Wildman–Crippen LogP) is 2.71. The number of hydrogen-bond acceptors (Lipinski definition) is 7. The van der Waals surface area contributed by atoms with Gasteiger partial charge < -0.3 is 9.47 Å². The molecule has 3 spiro atoms. The van der Waals surface area contributed by atoms with Crippen LogP contribution < -0.4 is 0 Å². The van der Waals surface area contributed by atoms with E-state index in [1.54, 1.807) is 0 Å². The van der Waals surface area contributed by atoms with Gasteiger partial charge in [-0.2, -0.15) is 0 Å². The minimum Gasteiger partial charge on any atom is -0.466 e. The van der Waals surface area contributed by atoms with Gasteiger partial charge in [0.15, 0.2) is 0 Å². The number of hydrogen-bond donors (Lipinski definition) is 0. The third-order valence-corrected chi connectivity index (χ3v) is 14.5. The number of esters is 2. The number of ketones is 1. The van der Waals surface area contributed by atoms with E-state index in [4.69, 9.17) is 9.47 Å². The van der Waals surface area contributed by atoms with Crippen LogP contribution in [-0.2, 0) is 23.9 Å². The zero-order valence-electron chi connectivity index (χ0n) is 17.5. The molecule has 8 aliphatic carbocycles. The Morgan fingerprint density at radius 3 is 2.26 bits per heavy atom. The SMILES string of the molecule is COC(=O)C1=C(C(=O)OC)[C@@H]2C=C[C@H]1[C@]13C(=O)[C@@H]4[C@H]5C[C@H]6[C@H]4C4(SCCCS4)[C@]21[C@H]6[C@@H]53. The van der Waals surface area contributed by atoms with E-state index in [0.717, 1.165) is 11.5 Å². The molecule has 0 amide bonds. The molecule has 9 rings (SSSR count). The highest BCUT2D eigenvalue weighted by atomic mass is 32.2. The van der Waals surface area contributed by atoms with E-state index < -0.39 is 17.4 Å². The fraction of sp³-hybridized carbons (Fsp3) is 0.708. The summed E-state index contributed by atoms with van der Waals surface area (Å²) in [6, 6.07) is 0. The van der Waals surface area contributed by atoms with E-state index in [1.807, 2.05) is 0 Å². The van der Waals surface area contributed by atoms with Crippen molar-refractivity contribution in [2.45, 2.75) is 16.9 Å². The van der Waals surface area contributed by atoms with Crippen molar-refractivity contribution >= 4 is 41.2 Å². The minimum absolute atomic E-state index is 0.0183. The minimum atomic E-state index is -0.521. The van der Waals surface area contributed by atoms with Crippen LogP contribution in [0.2, 0.25) is 0 Å². The van der Waals surface area contributed by atoms with Crippen LogP contribution in [-0.4, -0.2) is 47.5 Å². The second kappa shape index (κ2) is 5.14. The average molecular weight is 457 g/mol. The summed E-state index contributed by atoms with van der Waals surface area (Å²) in [5.41, 5.74) is 0.119. The normalized spacial score (nSPS) is 54.6. The van der Waals surface area contributed by atoms with Gasteiger partial charge in [-0.05, 0) is 53.9 Å². The van der Waals surface area contributed by atoms with Crippen molar-refractivity contribution in [3.8, 4) is 0 Å². The van der Waals surface area contributed by atoms with Gasteiger partial charge in [0.1, 0.15) is 5.78 Å². The Kier molecular flexibility index (Phi) is 3.02. The molecule has 5 nitrogen and oxygen atoms in total. The lowest BCUT2D eigenvalue weighted by molar-refractivity contribution is -0.222. The van der Waals surface area contributed by atoms with Crippen molar-refractivity contribution in [2.75, 3.05) is 25.7 Å². The molecule has 0 aromatic heterocycles. The molecule has 31 heavy (non-hydrogen) atoms. The predicted molar refractivity (Wildman–Crippen MR) is 115 cm³/mol. The first-order valence-corrected chi connectivity index (χ1v) is 13.4. The Morgan fingerprint density at radius 2 is 1.58 bits per heavy atom. The first kappa shape index (κ1) is 18.2. The molecule has 6 fully saturated rings. The molecule has 162 valence electrons. The molecule has 0 N–H and O–H groups in total. The van der Waals surface area contributed by atoms with E-state index in [-0.39, 0.29) is 27.2 Å². The van der Waals surface area contributed by atoms with Gasteiger partial charge >= 0.3 is 11.9 Å². The first-order valence-electron chi connectivity index (χ1n) is 11.4. The average Bonchev–Trinajstić information content (AvgIpc) is 3.35. The highest BCUT2D eigenvalue weighted by molar-refractivity contribution is 8.18. The van der Waals surface area contributed by atoms with Crippen LogP contribution in [0.5, 0.6) is 0 Å². The van der Waals surface area contributed by atoms with Crippen LogP contribution in [0.1, 0.15) is 12.8 Å². The molecule has 0 aromatic carbocycles. The second-order valence-electron chi connectivity index (χ2n) is 10.6. The number of methoxy groups -OCH3 is 2. The number of fused-ring (bicyclic) bond motifs is 2. The molecule has 7 heteroatoms. The lowest BCUT2D eigenvalue weighted by Gasteiger charge is -2.77. The highest BCUT2D eigenvalue weighted by Gasteiger charge is 3.02. The summed E-state index contributed by atoms with van der Waals surface area (Å²) in [5, 5.41) is 0. The Morgan fingerprint density at radius 1 is 0.935 bits per heavy atom. The van der Waals surface area contributed by atoms with Crippen LogP contribution in [0.25, 0.3) is 0 Å². The van der Waals surface area contributed by atoms with Crippen molar-refractivity contribution in [1.29, 1.82) is 0 Å². The zero-order chi connectivity index (χ0) is 21.1. The maximum atomic E-state index is 14.3. The maximum absolute atomic E-state index is 14.3. The molecule has 5 saturated carbocycles. The standard InChI is InChI=1S/C24H24O5S2/c1-28-20(26)14-11-4-5-12(15(14)21(27)29-2)23-18-10-8-9-13(19(25)22(11,23)17(9)18)16(10)24(23)30-6-3-7-31-24/h4-5,9-13,16-18H,3,6-8H2,1-2H3/t9-,10+,11-,12+,13-,16-,17-,18-,22+,23+/m1/s1. The topological polar surface area (TPSA) is 69.7 Å². The fourth-order valence-electron chi connectivity index (χ4n) is 10.9. The molecule has 1 aliphatic heterocycles. The number of Topliss-reactive ketones (excluding diaryl/α,β-unsaturated/α-hetero) is 1. The zero-order valence-corrected chi connectivity index (χ0v) is 19.1. The summed E-state index contributed by atoms with van der Waals surface area (Å²) in [4.78, 5) is 40.6. The van der Waals surface area contributed by atoms with Crippen LogP contribution >= 0.6 is 23.5 Å². The smallest absolute Gasteiger partial charge is 0.334 e. The number of ether oxygens (including phenoxy) is 2. The molecule has 10 atom stereocenters. The second-order valence-corrected chi connectivity index (χ2v) is 13.6. The summed E-state index contributed by atoms with van der Waals surface area (Å²) in [5.74, 6) is 3.76. The quantitative estimate of drug-likeness (QED) is 0.467. The van der Waals surface area contributed by atoms with Gasteiger partial charge in [-0.25, -0.2) is 9.59 Å². The van der Waals surface area contributed by atoms with Gasteiger partial charge in [0.2, 0.25) is 0 Å². The van der Waals surface area contributed by atoms with Gasteiger partial charge in [-0.15, -0.1) is 23.5 Å². The lowest BCUT2D eigenvalue weighted by Crippen LogP contribution is -2.80. The van der Waals surface area contributed by atoms with E-state index in [9.17, 15) is 14.4 Å². The summed E-state index contributed by atoms with van der Waals surface area (Å²) in [6.07, 6.45) is 6.62. The van der Waals surface area contributed by atoms with Gasteiger partial charge in [-0.3, -0.25) is 4.79 Å². The molecule has 0 unspecified atom stereocenters. The summed E-state index contributed by atoms with van der Waals surface area (Å²) < 4.78 is 10.4. The van der Waals surface area contributed by atoms with Crippen molar-refractivity contribution in [1.82, 2.24) is 0 Å². The number of carbonyl (C=O) groups excluding carboxylic acids is 3. The van der Waals surface area contributed by atoms with Gasteiger partial charge in [0.25, 0.3) is 0 Å². The Balaban J connectivity index is 1.48. The molecular weight excluding hydrogens is 432 g/mol. The molecule has 0 aromatic rings. The van der Waals surface area contributed by atoms with Gasteiger partial charge in [-0.1, -0.05) is 12.2 Å². The first-order chi connectivity index (χ1) is 15.0. The van der Waals surface area contributed by atoms with E-state index in [1.165, 1.54) is 27.1 Å². The Hall–Kier alpha value is -1.21. The summed E-state index contributed by atoms with van der Waals surface area (Å²) in [7, 11) is 2.76. The van der Waals surface area contributed by atoms with Crippen LogP contribution in [0.3, 0.4) is 0 Å². The monoisotopic (exact) mass is 456 g/mol. The van der Waals surface area contributed by atoms with E-state index in [2.05, 4.69) is 35.7 Å². The molecule has 1 saturated heterocycles. The largest absolute Gasteiger partial charge is 0.466 e. The number of rotatable bonds is 2. The lowest BCUT2D eigenvalue weighted by atomic mass is 9.28. The third-order valence-electron chi connectivity index (χ3n) is 10.7. The van der Waals surface area contributed by atoms with Crippen molar-refractivity contribution in [2.24, 2.45) is 58.2 Å². The summed E-state index contributed by atoms with van der Waals surface area (Å²) in [6.45, 7) is 0. The summed E-state index contributed by atoms with van der Waals surface area (Å²) >= 11 is 4.19. The van der Waals surface area contributed by atoms with E-state index in [0.29, 0.717) is 46.5 Å². The molecule has 1 heterocycles. The number of allylic oxidation sites excluding steroid dienone is 2. The van der Waals surface area contributed by atoms with Crippen molar-refractivity contribution < 1.29 is 23.9 Å². The van der Waals surface area contributed by atoms with Gasteiger partial charge in [0, 0.05) is 23.2 Å². The van der Waals surface area contributed by atoms with Gasteiger partial charge in [0.05, 0.1) is 34.9 Å². The maximum Gasteiger partial charge on any atom is 0.334 e. The van der Waals surface area contributed by atoms with Crippen molar-refractivity contribution in [3.05, 3.63) is 23.3 Å². The molecule has 9 aliphatic rings. The molecule has 4 bridgehead atoms. The Labute approximate surface area is 189 Å².